The molecule has 0 fully saturated rings. The average Bonchev–Trinajstić information content (AvgIpc) is 2.89. The summed E-state index contributed by atoms with van der Waals surface area (Å²) in [5.74, 6) is 0.832. The van der Waals surface area contributed by atoms with Crippen molar-refractivity contribution in [3.05, 3.63) is 42.5 Å². The maximum absolute atomic E-state index is 11.5. The SMILES string of the molecule is CCNC(=O)NCCn1c2ccccc2c2ccc(OC)cc21. The molecule has 0 bridgehead atoms. The Bertz CT molecular complexity index is 839. The number of methoxy groups -OCH3 is 1. The van der Waals surface area contributed by atoms with E-state index in [1.807, 2.05) is 31.2 Å². The summed E-state index contributed by atoms with van der Waals surface area (Å²) < 4.78 is 7.58. The molecule has 0 spiro atoms. The van der Waals surface area contributed by atoms with Crippen molar-refractivity contribution >= 4 is 27.8 Å². The zero-order chi connectivity index (χ0) is 16.2. The normalized spacial score (nSPS) is 10.9. The van der Waals surface area contributed by atoms with E-state index in [0.717, 1.165) is 16.8 Å². The Morgan fingerprint density at radius 2 is 1.87 bits per heavy atom. The number of hydrogen-bond donors (Lipinski definition) is 2. The van der Waals surface area contributed by atoms with Crippen molar-refractivity contribution in [3.8, 4) is 5.75 Å². The first-order valence-corrected chi connectivity index (χ1v) is 7.81. The molecule has 23 heavy (non-hydrogen) atoms. The summed E-state index contributed by atoms with van der Waals surface area (Å²) in [4.78, 5) is 11.5. The predicted octanol–water partition coefficient (Wildman–Crippen LogP) is 3.12. The number of rotatable bonds is 5. The number of aromatic nitrogens is 1. The molecule has 5 heteroatoms. The van der Waals surface area contributed by atoms with Crippen LogP contribution in [0.4, 0.5) is 4.79 Å². The van der Waals surface area contributed by atoms with E-state index in [9.17, 15) is 4.79 Å². The van der Waals surface area contributed by atoms with Gasteiger partial charge in [0.2, 0.25) is 0 Å². The molecule has 0 radical (unpaired) electrons. The molecule has 5 nitrogen and oxygen atoms in total. The Balaban J connectivity index is 1.97. The number of nitrogens with one attached hydrogen (secondary N) is 2. The van der Waals surface area contributed by atoms with Crippen molar-refractivity contribution in [3.63, 3.8) is 0 Å². The number of carbonyl (C=O) groups is 1. The smallest absolute Gasteiger partial charge is 0.314 e. The van der Waals surface area contributed by atoms with Crippen LogP contribution in [-0.4, -0.2) is 30.8 Å². The van der Waals surface area contributed by atoms with Gasteiger partial charge in [-0.25, -0.2) is 4.79 Å². The molecule has 0 aliphatic heterocycles. The molecule has 0 atom stereocenters. The van der Waals surface area contributed by atoms with Crippen LogP contribution < -0.4 is 15.4 Å². The van der Waals surface area contributed by atoms with Gasteiger partial charge in [0.1, 0.15) is 5.75 Å². The van der Waals surface area contributed by atoms with E-state index in [-0.39, 0.29) is 6.03 Å². The number of ether oxygens (including phenoxy) is 1. The largest absolute Gasteiger partial charge is 0.497 e. The molecule has 1 aromatic heterocycles. The molecule has 1 heterocycles. The summed E-state index contributed by atoms with van der Waals surface area (Å²) in [7, 11) is 1.67. The third-order valence-electron chi connectivity index (χ3n) is 3.94. The Morgan fingerprint density at radius 1 is 1.09 bits per heavy atom. The lowest BCUT2D eigenvalue weighted by atomic mass is 10.1. The van der Waals surface area contributed by atoms with Gasteiger partial charge < -0.3 is 19.9 Å². The topological polar surface area (TPSA) is 55.3 Å². The molecule has 3 rings (SSSR count). The monoisotopic (exact) mass is 311 g/mol. The van der Waals surface area contributed by atoms with E-state index < -0.39 is 0 Å². The highest BCUT2D eigenvalue weighted by atomic mass is 16.5. The van der Waals surface area contributed by atoms with E-state index in [1.165, 1.54) is 10.8 Å². The maximum Gasteiger partial charge on any atom is 0.314 e. The molecule has 0 saturated heterocycles. The van der Waals surface area contributed by atoms with E-state index in [0.29, 0.717) is 19.6 Å². The van der Waals surface area contributed by atoms with Crippen LogP contribution in [0.25, 0.3) is 21.8 Å². The molecule has 0 saturated carbocycles. The Hall–Kier alpha value is -2.69. The fourth-order valence-corrected chi connectivity index (χ4v) is 2.90. The third-order valence-corrected chi connectivity index (χ3v) is 3.94. The lowest BCUT2D eigenvalue weighted by molar-refractivity contribution is 0.241. The fourth-order valence-electron chi connectivity index (χ4n) is 2.90. The zero-order valence-corrected chi connectivity index (χ0v) is 13.4. The van der Waals surface area contributed by atoms with Crippen molar-refractivity contribution in [2.75, 3.05) is 20.2 Å². The number of para-hydroxylation sites is 1. The lowest BCUT2D eigenvalue weighted by Gasteiger charge is -2.10. The number of carbonyl (C=O) groups excluding carboxylic acids is 1. The Morgan fingerprint density at radius 3 is 2.65 bits per heavy atom. The highest BCUT2D eigenvalue weighted by Gasteiger charge is 2.11. The average molecular weight is 311 g/mol. The summed E-state index contributed by atoms with van der Waals surface area (Å²) >= 11 is 0. The number of urea groups is 1. The molecule has 2 N–H and O–H groups in total. The van der Waals surface area contributed by atoms with Crippen LogP contribution >= 0.6 is 0 Å². The summed E-state index contributed by atoms with van der Waals surface area (Å²) in [6, 6.07) is 14.3. The summed E-state index contributed by atoms with van der Waals surface area (Å²) in [5.41, 5.74) is 2.27. The first kappa shape index (κ1) is 15.2. The Labute approximate surface area is 135 Å². The number of nitrogens with zero attached hydrogens (tertiary/aromatic N) is 1. The van der Waals surface area contributed by atoms with Gasteiger partial charge in [0.05, 0.1) is 12.6 Å². The van der Waals surface area contributed by atoms with E-state index in [4.69, 9.17) is 4.74 Å². The molecule has 2 aromatic carbocycles. The van der Waals surface area contributed by atoms with Crippen LogP contribution in [-0.2, 0) is 6.54 Å². The third kappa shape index (κ3) is 2.95. The van der Waals surface area contributed by atoms with Gasteiger partial charge in [-0.15, -0.1) is 0 Å². The molecule has 0 aliphatic rings. The Kier molecular flexibility index (Phi) is 4.37. The number of fused-ring (bicyclic) bond motifs is 3. The van der Waals surface area contributed by atoms with Crippen LogP contribution in [0.2, 0.25) is 0 Å². The second-order valence-electron chi connectivity index (χ2n) is 5.34. The molecule has 0 unspecified atom stereocenters. The second-order valence-corrected chi connectivity index (χ2v) is 5.34. The van der Waals surface area contributed by atoms with Gasteiger partial charge in [-0.05, 0) is 25.1 Å². The van der Waals surface area contributed by atoms with Gasteiger partial charge in [0.25, 0.3) is 0 Å². The molecule has 0 aliphatic carbocycles. The highest BCUT2D eigenvalue weighted by molar-refractivity contribution is 6.08. The van der Waals surface area contributed by atoms with Gasteiger partial charge in [-0.1, -0.05) is 18.2 Å². The van der Waals surface area contributed by atoms with Crippen molar-refractivity contribution < 1.29 is 9.53 Å². The van der Waals surface area contributed by atoms with E-state index in [2.05, 4.69) is 33.4 Å². The minimum atomic E-state index is -0.133. The first-order chi connectivity index (χ1) is 11.2. The predicted molar refractivity (Wildman–Crippen MR) is 93.1 cm³/mol. The first-order valence-electron chi connectivity index (χ1n) is 7.81. The number of hydrogen-bond acceptors (Lipinski definition) is 2. The van der Waals surface area contributed by atoms with E-state index in [1.54, 1.807) is 7.11 Å². The highest BCUT2D eigenvalue weighted by Crippen LogP contribution is 2.31. The second kappa shape index (κ2) is 6.60. The molecule has 2 amide bonds. The van der Waals surface area contributed by atoms with Gasteiger partial charge in [-0.2, -0.15) is 0 Å². The van der Waals surface area contributed by atoms with Crippen LogP contribution in [0.15, 0.2) is 42.5 Å². The van der Waals surface area contributed by atoms with Gasteiger partial charge in [0, 0.05) is 42.0 Å². The van der Waals surface area contributed by atoms with Gasteiger partial charge >= 0.3 is 6.03 Å². The quantitative estimate of drug-likeness (QED) is 0.760. The molecule has 120 valence electrons. The van der Waals surface area contributed by atoms with E-state index >= 15 is 0 Å². The van der Waals surface area contributed by atoms with Crippen molar-refractivity contribution in [2.45, 2.75) is 13.5 Å². The molecular weight excluding hydrogens is 290 g/mol. The van der Waals surface area contributed by atoms with Gasteiger partial charge in [0.15, 0.2) is 0 Å². The van der Waals surface area contributed by atoms with Crippen molar-refractivity contribution in [1.82, 2.24) is 15.2 Å². The van der Waals surface area contributed by atoms with Crippen LogP contribution in [0.3, 0.4) is 0 Å². The lowest BCUT2D eigenvalue weighted by Crippen LogP contribution is -2.36. The fraction of sp³-hybridized carbons (Fsp3) is 0.278. The summed E-state index contributed by atoms with van der Waals surface area (Å²) in [6.45, 7) is 3.79. The maximum atomic E-state index is 11.5. The number of amides is 2. The minimum absolute atomic E-state index is 0.133. The van der Waals surface area contributed by atoms with Crippen LogP contribution in [0.1, 0.15) is 6.92 Å². The van der Waals surface area contributed by atoms with Crippen LogP contribution in [0, 0.1) is 0 Å². The van der Waals surface area contributed by atoms with Crippen LogP contribution in [0.5, 0.6) is 5.75 Å². The summed E-state index contributed by atoms with van der Waals surface area (Å²) in [5, 5.41) is 8.02. The zero-order valence-electron chi connectivity index (χ0n) is 13.4. The van der Waals surface area contributed by atoms with Crippen molar-refractivity contribution in [1.29, 1.82) is 0 Å². The minimum Gasteiger partial charge on any atom is -0.497 e. The standard InChI is InChI=1S/C18H21N3O2/c1-3-19-18(22)20-10-11-21-16-7-5-4-6-14(16)15-9-8-13(23-2)12-17(15)21/h4-9,12H,3,10-11H2,1-2H3,(H2,19,20,22). The molecular formula is C18H21N3O2. The molecule has 3 aromatic rings. The number of benzene rings is 2. The van der Waals surface area contributed by atoms with Crippen molar-refractivity contribution in [2.24, 2.45) is 0 Å². The van der Waals surface area contributed by atoms with Gasteiger partial charge in [-0.3, -0.25) is 0 Å². The summed E-state index contributed by atoms with van der Waals surface area (Å²) in [6.07, 6.45) is 0.